The Labute approximate surface area is 123 Å². The summed E-state index contributed by atoms with van der Waals surface area (Å²) in [6, 6.07) is 5.86. The summed E-state index contributed by atoms with van der Waals surface area (Å²) in [6.07, 6.45) is 0. The van der Waals surface area contributed by atoms with E-state index < -0.39 is 12.0 Å². The number of nitriles is 1. The van der Waals surface area contributed by atoms with Crippen LogP contribution in [0.5, 0.6) is 0 Å². The van der Waals surface area contributed by atoms with Crippen molar-refractivity contribution in [2.45, 2.75) is 19.5 Å². The number of halogens is 1. The fraction of sp³-hybridized carbons (Fsp3) is 0.467. The Bertz CT molecular complexity index is 563. The monoisotopic (exact) mass is 291 g/mol. The van der Waals surface area contributed by atoms with E-state index in [1.165, 1.54) is 12.1 Å². The molecule has 112 valence electrons. The van der Waals surface area contributed by atoms with Crippen LogP contribution in [0.3, 0.4) is 0 Å². The van der Waals surface area contributed by atoms with Crippen molar-refractivity contribution in [2.24, 2.45) is 0 Å². The van der Waals surface area contributed by atoms with E-state index in [-0.39, 0.29) is 5.82 Å². The minimum atomic E-state index is -0.823. The first-order valence-electron chi connectivity index (χ1n) is 6.89. The van der Waals surface area contributed by atoms with Crippen LogP contribution in [0.1, 0.15) is 18.1 Å². The lowest BCUT2D eigenvalue weighted by atomic mass is 10.1. The van der Waals surface area contributed by atoms with Crippen molar-refractivity contribution < 1.29 is 14.3 Å². The largest absolute Gasteiger partial charge is 0.480 e. The van der Waals surface area contributed by atoms with E-state index in [1.807, 2.05) is 11.0 Å². The van der Waals surface area contributed by atoms with Crippen LogP contribution < -0.4 is 0 Å². The van der Waals surface area contributed by atoms with Gasteiger partial charge in [-0.15, -0.1) is 0 Å². The number of hydrogen-bond donors (Lipinski definition) is 1. The van der Waals surface area contributed by atoms with E-state index >= 15 is 0 Å². The van der Waals surface area contributed by atoms with Crippen LogP contribution in [0.2, 0.25) is 0 Å². The average molecular weight is 291 g/mol. The van der Waals surface area contributed by atoms with E-state index in [2.05, 4.69) is 4.90 Å². The molecule has 5 nitrogen and oxygen atoms in total. The molecule has 1 aliphatic heterocycles. The van der Waals surface area contributed by atoms with Gasteiger partial charge in [0.15, 0.2) is 0 Å². The Hall–Kier alpha value is -1.97. The zero-order chi connectivity index (χ0) is 15.4. The Morgan fingerprint density at radius 2 is 2.10 bits per heavy atom. The third-order valence-corrected chi connectivity index (χ3v) is 3.88. The van der Waals surface area contributed by atoms with Crippen molar-refractivity contribution in [2.75, 3.05) is 26.2 Å². The summed E-state index contributed by atoms with van der Waals surface area (Å²) in [5, 5.41) is 17.9. The van der Waals surface area contributed by atoms with Gasteiger partial charge in [0.25, 0.3) is 0 Å². The van der Waals surface area contributed by atoms with Gasteiger partial charge in [-0.2, -0.15) is 5.26 Å². The molecule has 1 heterocycles. The van der Waals surface area contributed by atoms with Gasteiger partial charge in [-0.3, -0.25) is 14.6 Å². The number of carboxylic acids is 1. The molecule has 1 aromatic rings. The number of nitrogens with zero attached hydrogens (tertiary/aromatic N) is 3. The third-order valence-electron chi connectivity index (χ3n) is 3.88. The molecule has 1 fully saturated rings. The molecule has 0 saturated carbocycles. The fourth-order valence-corrected chi connectivity index (χ4v) is 2.47. The molecule has 21 heavy (non-hydrogen) atoms. The molecule has 1 atom stereocenters. The number of hydrogen-bond acceptors (Lipinski definition) is 4. The van der Waals surface area contributed by atoms with E-state index in [0.717, 1.165) is 0 Å². The first-order chi connectivity index (χ1) is 10.0. The smallest absolute Gasteiger partial charge is 0.320 e. The second-order valence-electron chi connectivity index (χ2n) is 5.24. The molecular weight excluding hydrogens is 273 g/mol. The fourth-order valence-electron chi connectivity index (χ4n) is 2.47. The van der Waals surface area contributed by atoms with Crippen molar-refractivity contribution in [3.63, 3.8) is 0 Å². The minimum Gasteiger partial charge on any atom is -0.480 e. The first kappa shape index (κ1) is 15.4. The predicted octanol–water partition coefficient (Wildman–Crippen LogP) is 1.29. The summed E-state index contributed by atoms with van der Waals surface area (Å²) in [4.78, 5) is 14.9. The number of aliphatic carboxylic acids is 1. The molecule has 0 aliphatic carbocycles. The van der Waals surface area contributed by atoms with Crippen LogP contribution in [-0.4, -0.2) is 53.1 Å². The lowest BCUT2D eigenvalue weighted by Gasteiger charge is -2.36. The van der Waals surface area contributed by atoms with Crippen LogP contribution >= 0.6 is 0 Å². The first-order valence-corrected chi connectivity index (χ1v) is 6.89. The molecule has 0 amide bonds. The maximum absolute atomic E-state index is 13.7. The molecule has 6 heteroatoms. The van der Waals surface area contributed by atoms with Crippen LogP contribution in [0, 0.1) is 17.1 Å². The highest BCUT2D eigenvalue weighted by Crippen LogP contribution is 2.15. The summed E-state index contributed by atoms with van der Waals surface area (Å²) < 4.78 is 13.7. The molecule has 0 bridgehead atoms. The topological polar surface area (TPSA) is 67.6 Å². The second kappa shape index (κ2) is 6.66. The van der Waals surface area contributed by atoms with Gasteiger partial charge < -0.3 is 5.11 Å². The van der Waals surface area contributed by atoms with Crippen LogP contribution in [0.15, 0.2) is 18.2 Å². The quantitative estimate of drug-likeness (QED) is 0.905. The van der Waals surface area contributed by atoms with Gasteiger partial charge in [0.2, 0.25) is 0 Å². The summed E-state index contributed by atoms with van der Waals surface area (Å²) in [5.41, 5.74) is 0.957. The SMILES string of the molecule is CC(C(=O)O)N1CCN(Cc2cc(C#N)ccc2F)CC1. The van der Waals surface area contributed by atoms with E-state index in [9.17, 15) is 9.18 Å². The Morgan fingerprint density at radius 1 is 1.43 bits per heavy atom. The van der Waals surface area contributed by atoms with Gasteiger partial charge in [-0.25, -0.2) is 4.39 Å². The third kappa shape index (κ3) is 3.78. The molecule has 1 saturated heterocycles. The van der Waals surface area contributed by atoms with Gasteiger partial charge in [0, 0.05) is 38.3 Å². The highest BCUT2D eigenvalue weighted by atomic mass is 19.1. The molecule has 0 spiro atoms. The van der Waals surface area contributed by atoms with Crippen LogP contribution in [0.4, 0.5) is 4.39 Å². The van der Waals surface area contributed by atoms with Crippen molar-refractivity contribution >= 4 is 5.97 Å². The average Bonchev–Trinajstić information content (AvgIpc) is 2.49. The van der Waals surface area contributed by atoms with E-state index in [4.69, 9.17) is 10.4 Å². The minimum absolute atomic E-state index is 0.310. The molecule has 1 N–H and O–H groups in total. The normalized spacial score (nSPS) is 18.1. The van der Waals surface area contributed by atoms with E-state index in [1.54, 1.807) is 13.0 Å². The summed E-state index contributed by atoms with van der Waals surface area (Å²) in [5.74, 6) is -1.13. The Balaban J connectivity index is 1.95. The summed E-state index contributed by atoms with van der Waals surface area (Å²) in [6.45, 7) is 4.78. The van der Waals surface area contributed by atoms with Gasteiger partial charge in [0.05, 0.1) is 11.6 Å². The lowest BCUT2D eigenvalue weighted by molar-refractivity contribution is -0.143. The maximum Gasteiger partial charge on any atom is 0.320 e. The van der Waals surface area contributed by atoms with Crippen LogP contribution in [-0.2, 0) is 11.3 Å². The number of rotatable bonds is 4. The molecular formula is C15H18FN3O2. The molecule has 1 aromatic carbocycles. The van der Waals surface area contributed by atoms with Gasteiger partial charge in [0.1, 0.15) is 11.9 Å². The number of carbonyl (C=O) groups is 1. The highest BCUT2D eigenvalue weighted by Gasteiger charge is 2.25. The number of benzene rings is 1. The Kier molecular flexibility index (Phi) is 4.89. The van der Waals surface area contributed by atoms with Gasteiger partial charge >= 0.3 is 5.97 Å². The number of carboxylic acid groups (broad SMARTS) is 1. The number of piperazine rings is 1. The van der Waals surface area contributed by atoms with Crippen molar-refractivity contribution in [1.29, 1.82) is 5.26 Å². The summed E-state index contributed by atoms with van der Waals surface area (Å²) in [7, 11) is 0. The molecule has 1 unspecified atom stereocenters. The zero-order valence-corrected chi connectivity index (χ0v) is 11.9. The highest BCUT2D eigenvalue weighted by molar-refractivity contribution is 5.72. The molecule has 2 rings (SSSR count). The zero-order valence-electron chi connectivity index (χ0n) is 11.9. The van der Waals surface area contributed by atoms with Crippen LogP contribution in [0.25, 0.3) is 0 Å². The standard InChI is InChI=1S/C15H18FN3O2/c1-11(15(20)21)19-6-4-18(5-7-19)10-13-8-12(9-17)2-3-14(13)16/h2-3,8,11H,4-7,10H2,1H3,(H,20,21). The lowest BCUT2D eigenvalue weighted by Crippen LogP contribution is -2.51. The predicted molar refractivity (Wildman–Crippen MR) is 75.1 cm³/mol. The van der Waals surface area contributed by atoms with Gasteiger partial charge in [-0.1, -0.05) is 0 Å². The van der Waals surface area contributed by atoms with Gasteiger partial charge in [-0.05, 0) is 25.1 Å². The van der Waals surface area contributed by atoms with Crippen molar-refractivity contribution in [3.8, 4) is 6.07 Å². The molecule has 1 aliphatic rings. The van der Waals surface area contributed by atoms with Crippen molar-refractivity contribution in [1.82, 2.24) is 9.80 Å². The van der Waals surface area contributed by atoms with E-state index in [0.29, 0.717) is 43.9 Å². The Morgan fingerprint density at radius 3 is 2.67 bits per heavy atom. The molecule has 0 radical (unpaired) electrons. The maximum atomic E-state index is 13.7. The molecule has 0 aromatic heterocycles. The second-order valence-corrected chi connectivity index (χ2v) is 5.24. The summed E-state index contributed by atoms with van der Waals surface area (Å²) >= 11 is 0. The van der Waals surface area contributed by atoms with Crippen molar-refractivity contribution in [3.05, 3.63) is 35.1 Å².